The number of carbonyl (C=O) groups excluding carboxylic acids is 1. The molecule has 2 rings (SSSR count). The molecule has 94 valence electrons. The van der Waals surface area contributed by atoms with Crippen LogP contribution in [0, 0.1) is 5.82 Å². The highest BCUT2D eigenvalue weighted by molar-refractivity contribution is 5.84. The average Bonchev–Trinajstić information content (AvgIpc) is 2.75. The number of nitrogens with two attached hydrogens (primary N) is 1. The number of carbonyl (C=O) groups is 1. The monoisotopic (exact) mass is 250 g/mol. The van der Waals surface area contributed by atoms with Crippen LogP contribution < -0.4 is 5.73 Å². The first-order chi connectivity index (χ1) is 8.58. The Morgan fingerprint density at radius 3 is 2.94 bits per heavy atom. The summed E-state index contributed by atoms with van der Waals surface area (Å²) in [6.45, 7) is 0.270. The van der Waals surface area contributed by atoms with Gasteiger partial charge in [-0.15, -0.1) is 5.10 Å². The van der Waals surface area contributed by atoms with Crippen LogP contribution in [0.3, 0.4) is 0 Å². The van der Waals surface area contributed by atoms with Crippen molar-refractivity contribution >= 4 is 11.7 Å². The van der Waals surface area contributed by atoms with Gasteiger partial charge in [0.2, 0.25) is 0 Å². The molecule has 0 spiro atoms. The second kappa shape index (κ2) is 4.82. The summed E-state index contributed by atoms with van der Waals surface area (Å²) in [5.41, 5.74) is 6.49. The van der Waals surface area contributed by atoms with Crippen molar-refractivity contribution in [2.24, 2.45) is 0 Å². The molecule has 1 heterocycles. The zero-order valence-electron chi connectivity index (χ0n) is 9.63. The normalized spacial score (nSPS) is 10.3. The SMILES string of the molecule is COC(=O)c1ncn(Cc2cc(N)cc(F)c2)n1. The van der Waals surface area contributed by atoms with E-state index in [9.17, 15) is 9.18 Å². The molecule has 0 saturated heterocycles. The predicted octanol–water partition coefficient (Wildman–Crippen LogP) is 0.834. The van der Waals surface area contributed by atoms with Crippen LogP contribution in [0.15, 0.2) is 24.5 Å². The number of nitrogen functional groups attached to an aromatic ring is 1. The zero-order valence-corrected chi connectivity index (χ0v) is 9.63. The second-order valence-corrected chi connectivity index (χ2v) is 3.65. The van der Waals surface area contributed by atoms with Crippen LogP contribution in [0.25, 0.3) is 0 Å². The maximum Gasteiger partial charge on any atom is 0.377 e. The number of nitrogens with zero attached hydrogens (tertiary/aromatic N) is 3. The number of anilines is 1. The van der Waals surface area contributed by atoms with E-state index < -0.39 is 11.8 Å². The average molecular weight is 250 g/mol. The van der Waals surface area contributed by atoms with Crippen molar-refractivity contribution in [3.63, 3.8) is 0 Å². The lowest BCUT2D eigenvalue weighted by molar-refractivity contribution is 0.0586. The molecule has 0 amide bonds. The third kappa shape index (κ3) is 2.62. The van der Waals surface area contributed by atoms with Gasteiger partial charge in [0.25, 0.3) is 5.82 Å². The standard InChI is InChI=1S/C11H11FN4O2/c1-18-11(17)10-14-6-16(15-10)5-7-2-8(12)4-9(13)3-7/h2-4,6H,5,13H2,1H3. The fourth-order valence-corrected chi connectivity index (χ4v) is 1.51. The van der Waals surface area contributed by atoms with E-state index in [2.05, 4.69) is 14.8 Å². The van der Waals surface area contributed by atoms with E-state index >= 15 is 0 Å². The van der Waals surface area contributed by atoms with Gasteiger partial charge in [0.15, 0.2) is 0 Å². The maximum absolute atomic E-state index is 13.1. The Balaban J connectivity index is 2.18. The highest BCUT2D eigenvalue weighted by Gasteiger charge is 2.11. The lowest BCUT2D eigenvalue weighted by atomic mass is 10.2. The third-order valence-corrected chi connectivity index (χ3v) is 2.23. The number of methoxy groups -OCH3 is 1. The lowest BCUT2D eigenvalue weighted by Crippen LogP contribution is -2.06. The lowest BCUT2D eigenvalue weighted by Gasteiger charge is -2.03. The first-order valence-electron chi connectivity index (χ1n) is 5.11. The van der Waals surface area contributed by atoms with Crippen LogP contribution in [0.5, 0.6) is 0 Å². The molecule has 6 nitrogen and oxygen atoms in total. The van der Waals surface area contributed by atoms with E-state index in [0.717, 1.165) is 0 Å². The van der Waals surface area contributed by atoms with Crippen molar-refractivity contribution in [3.05, 3.63) is 41.7 Å². The number of ether oxygens (including phenoxy) is 1. The van der Waals surface area contributed by atoms with Crippen LogP contribution >= 0.6 is 0 Å². The van der Waals surface area contributed by atoms with Crippen LogP contribution in [0.2, 0.25) is 0 Å². The molecule has 2 aromatic rings. The fraction of sp³-hybridized carbons (Fsp3) is 0.182. The highest BCUT2D eigenvalue weighted by atomic mass is 19.1. The van der Waals surface area contributed by atoms with Crippen LogP contribution in [0.4, 0.5) is 10.1 Å². The molecule has 2 N–H and O–H groups in total. The molecule has 1 aromatic carbocycles. The van der Waals surface area contributed by atoms with E-state index in [-0.39, 0.29) is 12.4 Å². The smallest absolute Gasteiger partial charge is 0.377 e. The first kappa shape index (κ1) is 12.0. The van der Waals surface area contributed by atoms with Crippen LogP contribution in [0.1, 0.15) is 16.2 Å². The molecule has 1 aromatic heterocycles. The van der Waals surface area contributed by atoms with Crippen LogP contribution in [-0.2, 0) is 11.3 Å². The minimum absolute atomic E-state index is 0.0399. The molecule has 0 fully saturated rings. The number of benzene rings is 1. The van der Waals surface area contributed by atoms with Crippen molar-refractivity contribution in [2.45, 2.75) is 6.54 Å². The molecule has 0 aliphatic carbocycles. The first-order valence-corrected chi connectivity index (χ1v) is 5.11. The molecule has 0 bridgehead atoms. The summed E-state index contributed by atoms with van der Waals surface area (Å²) in [7, 11) is 1.25. The Hall–Kier alpha value is -2.44. The predicted molar refractivity (Wildman–Crippen MR) is 61.3 cm³/mol. The van der Waals surface area contributed by atoms with E-state index in [1.165, 1.54) is 30.3 Å². The highest BCUT2D eigenvalue weighted by Crippen LogP contribution is 2.11. The Kier molecular flexibility index (Phi) is 3.22. The summed E-state index contributed by atoms with van der Waals surface area (Å²) in [5, 5.41) is 3.90. The minimum Gasteiger partial charge on any atom is -0.463 e. The molecule has 0 aliphatic heterocycles. The Bertz CT molecular complexity index is 562. The van der Waals surface area contributed by atoms with Gasteiger partial charge in [-0.05, 0) is 23.8 Å². The Morgan fingerprint density at radius 1 is 1.50 bits per heavy atom. The summed E-state index contributed by atoms with van der Waals surface area (Å²) < 4.78 is 19.0. The van der Waals surface area contributed by atoms with Crippen LogP contribution in [-0.4, -0.2) is 27.8 Å². The molecule has 0 saturated carbocycles. The number of esters is 1. The van der Waals surface area contributed by atoms with Gasteiger partial charge < -0.3 is 10.5 Å². The summed E-state index contributed by atoms with van der Waals surface area (Å²) in [6.07, 6.45) is 1.37. The zero-order chi connectivity index (χ0) is 13.1. The van der Waals surface area contributed by atoms with E-state index in [0.29, 0.717) is 11.3 Å². The molecule has 0 radical (unpaired) electrons. The topological polar surface area (TPSA) is 83.0 Å². The van der Waals surface area contributed by atoms with Gasteiger partial charge in [0.1, 0.15) is 12.1 Å². The second-order valence-electron chi connectivity index (χ2n) is 3.65. The van der Waals surface area contributed by atoms with Gasteiger partial charge in [-0.2, -0.15) is 0 Å². The summed E-state index contributed by atoms with van der Waals surface area (Å²) >= 11 is 0. The number of aromatic nitrogens is 3. The minimum atomic E-state index is -0.618. The molecular weight excluding hydrogens is 239 g/mol. The van der Waals surface area contributed by atoms with Crippen molar-refractivity contribution in [1.29, 1.82) is 0 Å². The molecule has 0 aliphatic rings. The van der Waals surface area contributed by atoms with E-state index in [1.54, 1.807) is 6.07 Å². The largest absolute Gasteiger partial charge is 0.463 e. The van der Waals surface area contributed by atoms with Gasteiger partial charge in [0.05, 0.1) is 13.7 Å². The van der Waals surface area contributed by atoms with Crippen molar-refractivity contribution in [3.8, 4) is 0 Å². The van der Waals surface area contributed by atoms with Gasteiger partial charge in [-0.1, -0.05) is 0 Å². The Morgan fingerprint density at radius 2 is 2.28 bits per heavy atom. The van der Waals surface area contributed by atoms with Gasteiger partial charge in [0, 0.05) is 5.69 Å². The van der Waals surface area contributed by atoms with Crippen molar-refractivity contribution < 1.29 is 13.9 Å². The van der Waals surface area contributed by atoms with Gasteiger partial charge in [-0.25, -0.2) is 18.9 Å². The quantitative estimate of drug-likeness (QED) is 0.644. The molecule has 7 heteroatoms. The molecule has 0 unspecified atom stereocenters. The maximum atomic E-state index is 13.1. The molecule has 18 heavy (non-hydrogen) atoms. The van der Waals surface area contributed by atoms with Gasteiger partial charge >= 0.3 is 5.97 Å². The third-order valence-electron chi connectivity index (χ3n) is 2.23. The van der Waals surface area contributed by atoms with Crippen molar-refractivity contribution in [2.75, 3.05) is 12.8 Å². The number of halogens is 1. The number of hydrogen-bond donors (Lipinski definition) is 1. The summed E-state index contributed by atoms with van der Waals surface area (Å²) in [5.74, 6) is -1.08. The molecule has 0 atom stereocenters. The van der Waals surface area contributed by atoms with E-state index in [4.69, 9.17) is 5.73 Å². The fourth-order valence-electron chi connectivity index (χ4n) is 1.51. The van der Waals surface area contributed by atoms with E-state index in [1.807, 2.05) is 0 Å². The Labute approximate surface area is 102 Å². The number of hydrogen-bond acceptors (Lipinski definition) is 5. The van der Waals surface area contributed by atoms with Crippen molar-refractivity contribution in [1.82, 2.24) is 14.8 Å². The number of rotatable bonds is 3. The molecular formula is C11H11FN4O2. The van der Waals surface area contributed by atoms with Gasteiger partial charge in [-0.3, -0.25) is 0 Å². The summed E-state index contributed by atoms with van der Waals surface area (Å²) in [4.78, 5) is 14.9. The summed E-state index contributed by atoms with van der Waals surface area (Å²) in [6, 6.07) is 4.20.